The highest BCUT2D eigenvalue weighted by Gasteiger charge is 2.47. The zero-order valence-electron chi connectivity index (χ0n) is 19.4. The van der Waals surface area contributed by atoms with Crippen LogP contribution in [0.25, 0.3) is 11.2 Å². The lowest BCUT2D eigenvalue weighted by Gasteiger charge is -2.17. The van der Waals surface area contributed by atoms with Crippen LogP contribution in [-0.2, 0) is 4.79 Å². The number of nitrogens with zero attached hydrogens (tertiary/aromatic N) is 5. The van der Waals surface area contributed by atoms with Crippen molar-refractivity contribution in [3.63, 3.8) is 0 Å². The predicted octanol–water partition coefficient (Wildman–Crippen LogP) is 1.89. The summed E-state index contributed by atoms with van der Waals surface area (Å²) in [5.74, 6) is 0.592. The number of rotatable bonds is 9. The molecule has 4 N–H and O–H groups in total. The molecule has 3 aromatic rings. The van der Waals surface area contributed by atoms with Crippen molar-refractivity contribution >= 4 is 34.7 Å². The first-order chi connectivity index (χ1) is 17.0. The Bertz CT molecular complexity index is 1220. The third kappa shape index (κ3) is 4.63. The van der Waals surface area contributed by atoms with E-state index in [-0.39, 0.29) is 18.4 Å². The molecule has 2 heterocycles. The second-order valence-corrected chi connectivity index (χ2v) is 9.94. The molecule has 35 heavy (non-hydrogen) atoms. The normalized spacial score (nSPS) is 27.6. The van der Waals surface area contributed by atoms with Crippen LogP contribution < -0.4 is 10.6 Å². The number of amides is 1. The van der Waals surface area contributed by atoms with Crippen molar-refractivity contribution in [2.45, 2.75) is 55.1 Å². The van der Waals surface area contributed by atoms with Gasteiger partial charge in [0.2, 0.25) is 5.91 Å². The van der Waals surface area contributed by atoms with Gasteiger partial charge in [-0.25, -0.2) is 14.6 Å². The van der Waals surface area contributed by atoms with Crippen molar-refractivity contribution in [2.75, 3.05) is 17.6 Å². The van der Waals surface area contributed by atoms with Crippen LogP contribution in [0.15, 0.2) is 48.1 Å². The summed E-state index contributed by atoms with van der Waals surface area (Å²) in [6, 6.07) is 9.92. The van der Waals surface area contributed by atoms with Gasteiger partial charge in [0.05, 0.1) is 18.1 Å². The molecule has 6 atom stereocenters. The van der Waals surface area contributed by atoms with Gasteiger partial charge in [0, 0.05) is 24.3 Å². The molecule has 2 aliphatic carbocycles. The Labute approximate surface area is 207 Å². The molecule has 0 bridgehead atoms. The summed E-state index contributed by atoms with van der Waals surface area (Å²) < 4.78 is 1.52. The Hall–Kier alpha value is -3.02. The largest absolute Gasteiger partial charge is 0.390 e. The lowest BCUT2D eigenvalue weighted by Crippen LogP contribution is -2.38. The van der Waals surface area contributed by atoms with E-state index in [4.69, 9.17) is 0 Å². The van der Waals surface area contributed by atoms with Gasteiger partial charge >= 0.3 is 0 Å². The van der Waals surface area contributed by atoms with E-state index in [9.17, 15) is 15.0 Å². The van der Waals surface area contributed by atoms with Gasteiger partial charge in [-0.15, -0.1) is 11.7 Å². The molecule has 1 amide bonds. The summed E-state index contributed by atoms with van der Waals surface area (Å²) in [4.78, 5) is 21.8. The maximum atomic E-state index is 12.4. The number of nitrogens with one attached hydrogen (secondary N) is 2. The lowest BCUT2D eigenvalue weighted by atomic mass is 10.0. The molecular weight excluding hydrogens is 466 g/mol. The summed E-state index contributed by atoms with van der Waals surface area (Å²) >= 11 is 1.44. The van der Waals surface area contributed by atoms with E-state index in [2.05, 4.69) is 49.6 Å². The number of anilines is 1. The van der Waals surface area contributed by atoms with E-state index in [1.165, 1.54) is 22.0 Å². The average molecular weight is 496 g/mol. The van der Waals surface area contributed by atoms with Crippen molar-refractivity contribution in [3.8, 4) is 0 Å². The molecular formula is C24H29N7O3S. The SMILES string of the molecule is C=CCSc1nc(NC2CC2c2ccccc2)c2nnn([C@H]3C[C@@H](C(=O)NCC)[C@H](O)[C@@H]3O)c2n1. The van der Waals surface area contributed by atoms with Crippen molar-refractivity contribution in [2.24, 2.45) is 5.92 Å². The fourth-order valence-electron chi connectivity index (χ4n) is 4.75. The highest BCUT2D eigenvalue weighted by atomic mass is 32.2. The molecule has 10 nitrogen and oxygen atoms in total. The van der Waals surface area contributed by atoms with Gasteiger partial charge in [-0.2, -0.15) is 0 Å². The summed E-state index contributed by atoms with van der Waals surface area (Å²) in [6.07, 6.45) is 0.626. The van der Waals surface area contributed by atoms with Gasteiger partial charge < -0.3 is 20.8 Å². The number of aliphatic hydroxyl groups is 2. The highest BCUT2D eigenvalue weighted by Crippen LogP contribution is 2.43. The van der Waals surface area contributed by atoms with Gasteiger partial charge in [-0.05, 0) is 25.3 Å². The van der Waals surface area contributed by atoms with Crippen LogP contribution in [0.3, 0.4) is 0 Å². The van der Waals surface area contributed by atoms with Crippen LogP contribution in [0.2, 0.25) is 0 Å². The van der Waals surface area contributed by atoms with Crippen LogP contribution in [0, 0.1) is 5.92 Å². The number of hydrogen-bond acceptors (Lipinski definition) is 9. The number of thioether (sulfide) groups is 1. The zero-order chi connectivity index (χ0) is 24.5. The quantitative estimate of drug-likeness (QED) is 0.199. The Morgan fingerprint density at radius 2 is 2.03 bits per heavy atom. The highest BCUT2D eigenvalue weighted by molar-refractivity contribution is 7.99. The molecule has 2 saturated carbocycles. The number of carbonyl (C=O) groups is 1. The molecule has 0 saturated heterocycles. The van der Waals surface area contributed by atoms with Crippen molar-refractivity contribution in [1.29, 1.82) is 0 Å². The minimum absolute atomic E-state index is 0.221. The predicted molar refractivity (Wildman–Crippen MR) is 133 cm³/mol. The average Bonchev–Trinajstić information content (AvgIpc) is 3.41. The number of aliphatic hydroxyl groups excluding tert-OH is 2. The molecule has 2 fully saturated rings. The van der Waals surface area contributed by atoms with Crippen molar-refractivity contribution in [1.82, 2.24) is 30.3 Å². The molecule has 11 heteroatoms. The van der Waals surface area contributed by atoms with Crippen LogP contribution in [0.1, 0.15) is 37.3 Å². The van der Waals surface area contributed by atoms with Gasteiger partial charge in [0.1, 0.15) is 6.10 Å². The first kappa shape index (κ1) is 23.7. The van der Waals surface area contributed by atoms with E-state index in [1.807, 2.05) is 25.1 Å². The molecule has 0 spiro atoms. The summed E-state index contributed by atoms with van der Waals surface area (Å²) in [7, 11) is 0. The fraction of sp³-hybridized carbons (Fsp3) is 0.458. The molecule has 0 aliphatic heterocycles. The molecule has 184 valence electrons. The van der Waals surface area contributed by atoms with E-state index >= 15 is 0 Å². The number of carbonyl (C=O) groups excluding carboxylic acids is 1. The lowest BCUT2D eigenvalue weighted by molar-refractivity contribution is -0.128. The van der Waals surface area contributed by atoms with E-state index in [1.54, 1.807) is 6.08 Å². The molecule has 2 unspecified atom stereocenters. The van der Waals surface area contributed by atoms with Crippen LogP contribution in [0.5, 0.6) is 0 Å². The third-order valence-corrected chi connectivity index (χ3v) is 7.47. The maximum absolute atomic E-state index is 12.4. The summed E-state index contributed by atoms with van der Waals surface area (Å²) in [5.41, 5.74) is 2.23. The minimum Gasteiger partial charge on any atom is -0.390 e. The van der Waals surface area contributed by atoms with Crippen molar-refractivity contribution in [3.05, 3.63) is 48.6 Å². The second-order valence-electron chi connectivity index (χ2n) is 8.95. The standard InChI is InChI=1S/C24H29N7O3S/c1-3-10-35-24-27-21(26-16-11-14(16)13-8-6-5-7-9-13)18-22(28-24)31(30-29-18)17-12-15(19(32)20(17)33)23(34)25-4-2/h3,5-9,14-17,19-20,32-33H,1,4,10-12H2,2H3,(H,25,34)(H,26,27,28)/t14?,15-,16?,17+,19+,20-/m1/s1. The smallest absolute Gasteiger partial charge is 0.225 e. The Morgan fingerprint density at radius 3 is 2.77 bits per heavy atom. The van der Waals surface area contributed by atoms with Gasteiger partial charge in [-0.3, -0.25) is 4.79 Å². The minimum atomic E-state index is -1.20. The monoisotopic (exact) mass is 495 g/mol. The molecule has 2 aliphatic rings. The van der Waals surface area contributed by atoms with Gasteiger partial charge in [-0.1, -0.05) is 53.4 Å². The molecule has 1 aromatic carbocycles. The van der Waals surface area contributed by atoms with E-state index < -0.39 is 24.2 Å². The summed E-state index contributed by atoms with van der Waals surface area (Å²) in [6.45, 7) is 6.03. The Kier molecular flexibility index (Phi) is 6.72. The number of hydrogen-bond donors (Lipinski definition) is 4. The Balaban J connectivity index is 1.45. The van der Waals surface area contributed by atoms with Crippen LogP contribution in [-0.4, -0.2) is 71.6 Å². The number of fused-ring (bicyclic) bond motifs is 1. The topological polar surface area (TPSA) is 138 Å². The Morgan fingerprint density at radius 1 is 1.23 bits per heavy atom. The maximum Gasteiger partial charge on any atom is 0.225 e. The first-order valence-electron chi connectivity index (χ1n) is 11.8. The molecule has 0 radical (unpaired) electrons. The van der Waals surface area contributed by atoms with Gasteiger partial charge in [0.25, 0.3) is 0 Å². The first-order valence-corrected chi connectivity index (χ1v) is 12.8. The summed E-state index contributed by atoms with van der Waals surface area (Å²) in [5, 5.41) is 36.7. The molecule has 2 aromatic heterocycles. The van der Waals surface area contributed by atoms with E-state index in [0.29, 0.717) is 40.4 Å². The zero-order valence-corrected chi connectivity index (χ0v) is 20.2. The van der Waals surface area contributed by atoms with Crippen LogP contribution in [0.4, 0.5) is 5.82 Å². The number of aromatic nitrogens is 5. The molecule has 5 rings (SSSR count). The number of benzene rings is 1. The second kappa shape index (κ2) is 9.92. The third-order valence-electron chi connectivity index (χ3n) is 6.63. The van der Waals surface area contributed by atoms with Crippen LogP contribution >= 0.6 is 11.8 Å². The van der Waals surface area contributed by atoms with E-state index in [0.717, 1.165) is 6.42 Å². The van der Waals surface area contributed by atoms with Gasteiger partial charge in [0.15, 0.2) is 22.1 Å². The van der Waals surface area contributed by atoms with Crippen molar-refractivity contribution < 1.29 is 15.0 Å². The fourth-order valence-corrected chi connectivity index (χ4v) is 5.32.